The lowest BCUT2D eigenvalue weighted by atomic mass is 10.2. The molecular formula is C14H15ClF3NO2. The van der Waals surface area contributed by atoms with E-state index in [1.54, 1.807) is 20.8 Å². The molecule has 0 N–H and O–H groups in total. The van der Waals surface area contributed by atoms with Gasteiger partial charge in [-0.3, -0.25) is 0 Å². The summed E-state index contributed by atoms with van der Waals surface area (Å²) in [6, 6.07) is 5.79. The first-order valence-corrected chi connectivity index (χ1v) is 6.47. The molecule has 7 heteroatoms. The zero-order valence-electron chi connectivity index (χ0n) is 11.8. The summed E-state index contributed by atoms with van der Waals surface area (Å²) >= 11 is 5.68. The van der Waals surface area contributed by atoms with Crippen LogP contribution in [0.1, 0.15) is 27.2 Å². The fraction of sp³-hybridized carbons (Fsp3) is 0.429. The summed E-state index contributed by atoms with van der Waals surface area (Å²) in [5, 5.41) is 0.420. The van der Waals surface area contributed by atoms with Gasteiger partial charge in [0.1, 0.15) is 11.3 Å². The number of nitrogens with zero attached hydrogens (tertiary/aromatic N) is 1. The monoisotopic (exact) mass is 321 g/mol. The van der Waals surface area contributed by atoms with E-state index in [2.05, 4.69) is 4.99 Å². The summed E-state index contributed by atoms with van der Waals surface area (Å²) in [5.41, 5.74) is -1.40. The molecular weight excluding hydrogens is 307 g/mol. The third-order valence-corrected chi connectivity index (χ3v) is 2.35. The maximum absolute atomic E-state index is 12.6. The van der Waals surface area contributed by atoms with Gasteiger partial charge in [0.05, 0.1) is 12.1 Å². The van der Waals surface area contributed by atoms with Gasteiger partial charge < -0.3 is 4.74 Å². The molecule has 0 radical (unpaired) electrons. The summed E-state index contributed by atoms with van der Waals surface area (Å²) in [6.45, 7) is 4.70. The van der Waals surface area contributed by atoms with Crippen LogP contribution in [0.5, 0.6) is 0 Å². The van der Waals surface area contributed by atoms with Crippen LogP contribution in [0.4, 0.5) is 18.9 Å². The summed E-state index contributed by atoms with van der Waals surface area (Å²) in [5.74, 6) is -1.09. The van der Waals surface area contributed by atoms with Gasteiger partial charge in [0.2, 0.25) is 0 Å². The van der Waals surface area contributed by atoms with Crippen LogP contribution in [-0.2, 0) is 9.53 Å². The van der Waals surface area contributed by atoms with E-state index in [1.165, 1.54) is 24.3 Å². The van der Waals surface area contributed by atoms with E-state index < -0.39 is 29.9 Å². The van der Waals surface area contributed by atoms with E-state index in [4.69, 9.17) is 16.3 Å². The third-order valence-electron chi connectivity index (χ3n) is 2.09. The number of halogens is 4. The van der Waals surface area contributed by atoms with Crippen molar-refractivity contribution >= 4 is 29.0 Å². The molecule has 0 spiro atoms. The SMILES string of the molecule is CC(C)(C)OC(=O)C(CC(F)(F)F)=Nc1ccc(Cl)cc1. The molecule has 0 aliphatic heterocycles. The quantitative estimate of drug-likeness (QED) is 0.597. The second-order valence-corrected chi connectivity index (χ2v) is 5.77. The molecule has 3 nitrogen and oxygen atoms in total. The van der Waals surface area contributed by atoms with Crippen LogP contribution in [0.2, 0.25) is 5.02 Å². The molecule has 21 heavy (non-hydrogen) atoms. The Kier molecular flexibility index (Phi) is 5.39. The van der Waals surface area contributed by atoms with Crippen LogP contribution in [0.25, 0.3) is 0 Å². The minimum absolute atomic E-state index is 0.199. The van der Waals surface area contributed by atoms with Gasteiger partial charge in [-0.1, -0.05) is 11.6 Å². The Labute approximate surface area is 125 Å². The van der Waals surface area contributed by atoms with E-state index in [9.17, 15) is 18.0 Å². The Balaban J connectivity index is 3.07. The lowest BCUT2D eigenvalue weighted by Crippen LogP contribution is -2.31. The van der Waals surface area contributed by atoms with E-state index in [0.29, 0.717) is 5.02 Å². The van der Waals surface area contributed by atoms with Gasteiger partial charge in [0, 0.05) is 5.02 Å². The van der Waals surface area contributed by atoms with Crippen LogP contribution >= 0.6 is 11.6 Å². The first-order chi connectivity index (χ1) is 9.46. The average molecular weight is 322 g/mol. The van der Waals surface area contributed by atoms with Gasteiger partial charge in [0.25, 0.3) is 0 Å². The van der Waals surface area contributed by atoms with Crippen LogP contribution < -0.4 is 0 Å². The van der Waals surface area contributed by atoms with Crippen molar-refractivity contribution < 1.29 is 22.7 Å². The van der Waals surface area contributed by atoms with Gasteiger partial charge in [-0.15, -0.1) is 0 Å². The molecule has 0 atom stereocenters. The number of hydrogen-bond donors (Lipinski definition) is 0. The summed E-state index contributed by atoms with van der Waals surface area (Å²) in [4.78, 5) is 15.6. The molecule has 0 aliphatic carbocycles. The second kappa shape index (κ2) is 6.47. The number of carbonyl (C=O) groups is 1. The smallest absolute Gasteiger partial charge is 0.394 e. The molecule has 0 amide bonds. The van der Waals surface area contributed by atoms with Crippen molar-refractivity contribution in [2.24, 2.45) is 4.99 Å². The Morgan fingerprint density at radius 3 is 2.14 bits per heavy atom. The number of carbonyl (C=O) groups excluding carboxylic acids is 1. The minimum atomic E-state index is -4.55. The van der Waals surface area contributed by atoms with E-state index >= 15 is 0 Å². The van der Waals surface area contributed by atoms with Gasteiger partial charge >= 0.3 is 12.1 Å². The molecule has 0 fully saturated rings. The molecule has 1 aromatic carbocycles. The van der Waals surface area contributed by atoms with E-state index in [0.717, 1.165) is 0 Å². The van der Waals surface area contributed by atoms with Crippen LogP contribution in [-0.4, -0.2) is 23.5 Å². The van der Waals surface area contributed by atoms with Gasteiger partial charge in [0.15, 0.2) is 0 Å². The summed E-state index contributed by atoms with van der Waals surface area (Å²) < 4.78 is 42.6. The average Bonchev–Trinajstić information content (AvgIpc) is 2.27. The number of alkyl halides is 3. The predicted octanol–water partition coefficient (Wildman–Crippen LogP) is 4.71. The maximum Gasteiger partial charge on any atom is 0.394 e. The molecule has 0 aliphatic rings. The number of esters is 1. The number of rotatable bonds is 3. The van der Waals surface area contributed by atoms with Gasteiger partial charge in [-0.2, -0.15) is 13.2 Å². The number of benzene rings is 1. The Bertz CT molecular complexity index is 531. The first-order valence-electron chi connectivity index (χ1n) is 6.09. The van der Waals surface area contributed by atoms with E-state index in [1.807, 2.05) is 0 Å². The minimum Gasteiger partial charge on any atom is -0.455 e. The highest BCUT2D eigenvalue weighted by Gasteiger charge is 2.34. The zero-order valence-corrected chi connectivity index (χ0v) is 12.5. The molecule has 0 bridgehead atoms. The van der Waals surface area contributed by atoms with Crippen LogP contribution in [0.3, 0.4) is 0 Å². The summed E-state index contributed by atoms with van der Waals surface area (Å²) in [7, 11) is 0. The highest BCUT2D eigenvalue weighted by molar-refractivity contribution is 6.37. The lowest BCUT2D eigenvalue weighted by Gasteiger charge is -2.20. The zero-order chi connectivity index (χ0) is 16.3. The molecule has 0 aromatic heterocycles. The Morgan fingerprint density at radius 1 is 1.19 bits per heavy atom. The van der Waals surface area contributed by atoms with Crippen molar-refractivity contribution in [3.8, 4) is 0 Å². The van der Waals surface area contributed by atoms with Crippen molar-refractivity contribution in [2.75, 3.05) is 0 Å². The van der Waals surface area contributed by atoms with Crippen LogP contribution in [0, 0.1) is 0 Å². The molecule has 0 saturated heterocycles. The summed E-state index contributed by atoms with van der Waals surface area (Å²) in [6.07, 6.45) is -6.01. The second-order valence-electron chi connectivity index (χ2n) is 5.33. The molecule has 0 heterocycles. The molecule has 1 aromatic rings. The van der Waals surface area contributed by atoms with Crippen molar-refractivity contribution in [1.29, 1.82) is 0 Å². The standard InChI is InChI=1S/C14H15ClF3NO2/c1-13(2,3)21-12(20)11(8-14(16,17)18)19-10-6-4-9(15)5-7-10/h4-7H,8H2,1-3H3. The lowest BCUT2D eigenvalue weighted by molar-refractivity contribution is -0.149. The van der Waals surface area contributed by atoms with E-state index in [-0.39, 0.29) is 5.69 Å². The third kappa shape index (κ3) is 7.13. The van der Waals surface area contributed by atoms with Crippen molar-refractivity contribution in [1.82, 2.24) is 0 Å². The van der Waals surface area contributed by atoms with Crippen LogP contribution in [0.15, 0.2) is 29.3 Å². The molecule has 116 valence electrons. The Hall–Kier alpha value is -1.56. The van der Waals surface area contributed by atoms with Crippen molar-refractivity contribution in [2.45, 2.75) is 39.0 Å². The number of aliphatic imine (C=N–C) groups is 1. The molecule has 0 unspecified atom stereocenters. The first kappa shape index (κ1) is 17.5. The van der Waals surface area contributed by atoms with Gasteiger partial charge in [-0.05, 0) is 45.0 Å². The topological polar surface area (TPSA) is 38.7 Å². The molecule has 1 rings (SSSR count). The normalized spacial score (nSPS) is 13.2. The highest BCUT2D eigenvalue weighted by Crippen LogP contribution is 2.24. The van der Waals surface area contributed by atoms with Crippen molar-refractivity contribution in [3.63, 3.8) is 0 Å². The predicted molar refractivity (Wildman–Crippen MR) is 75.1 cm³/mol. The largest absolute Gasteiger partial charge is 0.455 e. The maximum atomic E-state index is 12.6. The number of hydrogen-bond acceptors (Lipinski definition) is 3. The highest BCUT2D eigenvalue weighted by atomic mass is 35.5. The number of ether oxygens (including phenoxy) is 1. The fourth-order valence-electron chi connectivity index (χ4n) is 1.36. The Morgan fingerprint density at radius 2 is 1.71 bits per heavy atom. The van der Waals surface area contributed by atoms with Gasteiger partial charge in [-0.25, -0.2) is 9.79 Å². The fourth-order valence-corrected chi connectivity index (χ4v) is 1.48. The van der Waals surface area contributed by atoms with Crippen molar-refractivity contribution in [3.05, 3.63) is 29.3 Å². The molecule has 0 saturated carbocycles.